The second-order valence-electron chi connectivity index (χ2n) is 5.88. The maximum atomic E-state index is 13.0. The minimum atomic E-state index is -0.392. The van der Waals surface area contributed by atoms with E-state index in [-0.39, 0.29) is 5.92 Å². The van der Waals surface area contributed by atoms with Crippen LogP contribution in [0.15, 0.2) is 18.3 Å². The topological polar surface area (TPSA) is 33.2 Å². The molecule has 0 fully saturated rings. The normalized spacial score (nSPS) is 21.8. The zero-order chi connectivity index (χ0) is 14.0. The van der Waals surface area contributed by atoms with E-state index >= 15 is 0 Å². The molecule has 0 amide bonds. The summed E-state index contributed by atoms with van der Waals surface area (Å²) < 4.78 is 0. The highest BCUT2D eigenvalue weighted by Crippen LogP contribution is 2.35. The van der Waals surface area contributed by atoms with Gasteiger partial charge in [0.15, 0.2) is 5.78 Å². The van der Waals surface area contributed by atoms with Gasteiger partial charge in [-0.05, 0) is 58.3 Å². The number of aryl methyl sites for hydroxylation is 1. The molecule has 104 valence electrons. The molecule has 0 bridgehead atoms. The Morgan fingerprint density at radius 2 is 2.26 bits per heavy atom. The Bertz CT molecular complexity index is 470. The number of fused-ring (bicyclic) bond motifs is 1. The number of nitrogens with zero attached hydrogens (tertiary/aromatic N) is 2. The van der Waals surface area contributed by atoms with Crippen LogP contribution in [0.5, 0.6) is 0 Å². The summed E-state index contributed by atoms with van der Waals surface area (Å²) in [6, 6.07) is 4.08. The number of rotatable bonds is 4. The largest absolute Gasteiger partial charge is 0.297 e. The first-order chi connectivity index (χ1) is 9.00. The molecule has 19 heavy (non-hydrogen) atoms. The predicted molar refractivity (Wildman–Crippen MR) is 77.3 cm³/mol. The van der Waals surface area contributed by atoms with Crippen LogP contribution in [0, 0.1) is 0 Å². The van der Waals surface area contributed by atoms with Gasteiger partial charge in [0.2, 0.25) is 0 Å². The smallest absolute Gasteiger partial charge is 0.161 e. The molecular formula is C16H24N2O. The number of ketones is 1. The molecule has 2 rings (SSSR count). The van der Waals surface area contributed by atoms with Crippen molar-refractivity contribution in [1.82, 2.24) is 9.88 Å². The summed E-state index contributed by atoms with van der Waals surface area (Å²) >= 11 is 0. The average Bonchev–Trinajstić information content (AvgIpc) is 2.44. The van der Waals surface area contributed by atoms with Gasteiger partial charge in [-0.3, -0.25) is 14.7 Å². The third-order valence-corrected chi connectivity index (χ3v) is 4.72. The van der Waals surface area contributed by atoms with E-state index in [1.807, 2.05) is 38.2 Å². The van der Waals surface area contributed by atoms with Gasteiger partial charge in [-0.15, -0.1) is 0 Å². The number of hydrogen-bond donors (Lipinski definition) is 0. The van der Waals surface area contributed by atoms with Crippen LogP contribution in [-0.4, -0.2) is 35.3 Å². The molecule has 0 spiro atoms. The van der Waals surface area contributed by atoms with Crippen molar-refractivity contribution in [3.05, 3.63) is 29.6 Å². The maximum Gasteiger partial charge on any atom is 0.161 e. The Kier molecular flexibility index (Phi) is 4.04. The molecule has 1 aliphatic carbocycles. The molecule has 1 aromatic heterocycles. The first kappa shape index (κ1) is 14.2. The van der Waals surface area contributed by atoms with Gasteiger partial charge in [0, 0.05) is 6.20 Å². The Hall–Kier alpha value is -1.22. The molecule has 0 aliphatic heterocycles. The molecule has 2 unspecified atom stereocenters. The number of Topliss-reactive ketones (excluding diaryl/α,β-unsaturated/α-hetero) is 1. The molecule has 1 aromatic rings. The van der Waals surface area contributed by atoms with Crippen molar-refractivity contribution in [1.29, 1.82) is 0 Å². The van der Waals surface area contributed by atoms with Crippen LogP contribution in [-0.2, 0) is 11.2 Å². The van der Waals surface area contributed by atoms with Crippen LogP contribution in [0.2, 0.25) is 0 Å². The molecule has 0 saturated heterocycles. The third-order valence-electron chi connectivity index (χ3n) is 4.72. The van der Waals surface area contributed by atoms with E-state index in [2.05, 4.69) is 18.0 Å². The molecule has 0 aromatic carbocycles. The van der Waals surface area contributed by atoms with E-state index in [9.17, 15) is 4.79 Å². The summed E-state index contributed by atoms with van der Waals surface area (Å²) in [4.78, 5) is 19.5. The quantitative estimate of drug-likeness (QED) is 0.834. The van der Waals surface area contributed by atoms with Crippen molar-refractivity contribution >= 4 is 5.78 Å². The molecule has 0 saturated carbocycles. The van der Waals surface area contributed by atoms with Gasteiger partial charge in [0.25, 0.3) is 0 Å². The highest BCUT2D eigenvalue weighted by atomic mass is 16.1. The fourth-order valence-corrected chi connectivity index (χ4v) is 2.95. The third kappa shape index (κ3) is 2.44. The van der Waals surface area contributed by atoms with Gasteiger partial charge in [-0.25, -0.2) is 0 Å². The highest BCUT2D eigenvalue weighted by molar-refractivity contribution is 5.93. The van der Waals surface area contributed by atoms with E-state index in [1.54, 1.807) is 0 Å². The molecule has 0 radical (unpaired) electrons. The lowest BCUT2D eigenvalue weighted by molar-refractivity contribution is -0.131. The summed E-state index contributed by atoms with van der Waals surface area (Å²) in [7, 11) is 3.98. The zero-order valence-electron chi connectivity index (χ0n) is 12.4. The fourth-order valence-electron chi connectivity index (χ4n) is 2.95. The minimum Gasteiger partial charge on any atom is -0.297 e. The number of hydrogen-bond acceptors (Lipinski definition) is 3. The SMILES string of the molecule is CCC(C)(C(=O)C1CCCc2cccnc21)N(C)C. The molecule has 2 atom stereocenters. The van der Waals surface area contributed by atoms with E-state index in [0.717, 1.165) is 31.4 Å². The van der Waals surface area contributed by atoms with Crippen molar-refractivity contribution in [2.45, 2.75) is 51.0 Å². The molecule has 0 N–H and O–H groups in total. The summed E-state index contributed by atoms with van der Waals surface area (Å²) in [5.41, 5.74) is 1.88. The van der Waals surface area contributed by atoms with E-state index in [4.69, 9.17) is 0 Å². The van der Waals surface area contributed by atoms with Crippen molar-refractivity contribution in [2.75, 3.05) is 14.1 Å². The number of likely N-dealkylation sites (N-methyl/N-ethyl adjacent to an activating group) is 1. The van der Waals surface area contributed by atoms with Gasteiger partial charge in [-0.2, -0.15) is 0 Å². The summed E-state index contributed by atoms with van der Waals surface area (Å²) in [6.45, 7) is 4.13. The highest BCUT2D eigenvalue weighted by Gasteiger charge is 2.40. The van der Waals surface area contributed by atoms with Crippen LogP contribution in [0.1, 0.15) is 50.3 Å². The number of carbonyl (C=O) groups excluding carboxylic acids is 1. The number of carbonyl (C=O) groups is 1. The van der Waals surface area contributed by atoms with Crippen LogP contribution >= 0.6 is 0 Å². The molecule has 3 heteroatoms. The van der Waals surface area contributed by atoms with Crippen LogP contribution in [0.4, 0.5) is 0 Å². The van der Waals surface area contributed by atoms with E-state index in [0.29, 0.717) is 5.78 Å². The Morgan fingerprint density at radius 3 is 2.89 bits per heavy atom. The minimum absolute atomic E-state index is 0.0303. The monoisotopic (exact) mass is 260 g/mol. The van der Waals surface area contributed by atoms with E-state index < -0.39 is 5.54 Å². The summed E-state index contributed by atoms with van der Waals surface area (Å²) in [6.07, 6.45) is 5.72. The first-order valence-corrected chi connectivity index (χ1v) is 7.16. The Labute approximate surface area is 116 Å². The van der Waals surface area contributed by atoms with Gasteiger partial charge < -0.3 is 0 Å². The van der Waals surface area contributed by atoms with Crippen molar-refractivity contribution in [3.8, 4) is 0 Å². The maximum absolute atomic E-state index is 13.0. The summed E-state index contributed by atoms with van der Waals surface area (Å²) in [5, 5.41) is 0. The van der Waals surface area contributed by atoms with Gasteiger partial charge in [-0.1, -0.05) is 13.0 Å². The van der Waals surface area contributed by atoms with Crippen LogP contribution in [0.25, 0.3) is 0 Å². The number of aromatic nitrogens is 1. The van der Waals surface area contributed by atoms with Crippen molar-refractivity contribution < 1.29 is 4.79 Å². The lowest BCUT2D eigenvalue weighted by atomic mass is 9.76. The predicted octanol–water partition coefficient (Wildman–Crippen LogP) is 2.80. The molecule has 1 aliphatic rings. The second kappa shape index (κ2) is 5.41. The lowest BCUT2D eigenvalue weighted by Crippen LogP contribution is -2.50. The fraction of sp³-hybridized carbons (Fsp3) is 0.625. The van der Waals surface area contributed by atoms with Gasteiger partial charge in [0.05, 0.1) is 17.2 Å². The Morgan fingerprint density at radius 1 is 1.53 bits per heavy atom. The molecular weight excluding hydrogens is 236 g/mol. The van der Waals surface area contributed by atoms with Crippen molar-refractivity contribution in [3.63, 3.8) is 0 Å². The van der Waals surface area contributed by atoms with Crippen molar-refractivity contribution in [2.24, 2.45) is 0 Å². The average molecular weight is 260 g/mol. The summed E-state index contributed by atoms with van der Waals surface area (Å²) in [5.74, 6) is 0.289. The molecule has 1 heterocycles. The van der Waals surface area contributed by atoms with Gasteiger partial charge >= 0.3 is 0 Å². The number of pyridine rings is 1. The lowest BCUT2D eigenvalue weighted by Gasteiger charge is -2.38. The van der Waals surface area contributed by atoms with Gasteiger partial charge in [0.1, 0.15) is 0 Å². The Balaban J connectivity index is 2.36. The zero-order valence-corrected chi connectivity index (χ0v) is 12.4. The van der Waals surface area contributed by atoms with Crippen LogP contribution in [0.3, 0.4) is 0 Å². The van der Waals surface area contributed by atoms with Crippen LogP contribution < -0.4 is 0 Å². The second-order valence-corrected chi connectivity index (χ2v) is 5.88. The first-order valence-electron chi connectivity index (χ1n) is 7.16. The standard InChI is InChI=1S/C16H24N2O/c1-5-16(2,18(3)4)15(19)13-10-6-8-12-9-7-11-17-14(12)13/h7,9,11,13H,5-6,8,10H2,1-4H3. The van der Waals surface area contributed by atoms with E-state index in [1.165, 1.54) is 5.56 Å². The molecule has 3 nitrogen and oxygen atoms in total.